The molecule has 0 aliphatic carbocycles. The van der Waals surface area contributed by atoms with E-state index in [-0.39, 0.29) is 0 Å². The van der Waals surface area contributed by atoms with Crippen LogP contribution in [0.3, 0.4) is 0 Å². The number of nitrogens with one attached hydrogen (secondary N) is 2. The summed E-state index contributed by atoms with van der Waals surface area (Å²) in [5.41, 5.74) is 5.81. The second-order valence-electron chi connectivity index (χ2n) is 9.38. The number of piperazine rings is 1. The summed E-state index contributed by atoms with van der Waals surface area (Å²) < 4.78 is 0. The Morgan fingerprint density at radius 3 is 2.24 bits per heavy atom. The van der Waals surface area contributed by atoms with E-state index in [9.17, 15) is 14.4 Å². The molecule has 5 rings (SSSR count). The van der Waals surface area contributed by atoms with Crippen LogP contribution in [0.1, 0.15) is 21.5 Å². The molecule has 0 unspecified atom stereocenters. The van der Waals surface area contributed by atoms with Crippen LogP contribution in [-0.4, -0.2) is 61.0 Å². The Kier molecular flexibility index (Phi) is 7.06. The highest BCUT2D eigenvalue weighted by molar-refractivity contribution is 6.31. The number of nitrogens with zero attached hydrogens (tertiary/aromatic N) is 2. The van der Waals surface area contributed by atoms with Gasteiger partial charge >= 0.3 is 5.97 Å². The van der Waals surface area contributed by atoms with Crippen molar-refractivity contribution in [3.05, 3.63) is 95.7 Å². The van der Waals surface area contributed by atoms with Crippen molar-refractivity contribution in [2.24, 2.45) is 0 Å². The number of aliphatic carboxylic acids is 1. The van der Waals surface area contributed by atoms with Crippen molar-refractivity contribution in [3.63, 3.8) is 0 Å². The van der Waals surface area contributed by atoms with E-state index in [4.69, 9.17) is 5.11 Å². The monoisotopic (exact) mass is 508 g/mol. The number of anilines is 2. The Labute approximate surface area is 220 Å². The highest BCUT2D eigenvalue weighted by Gasteiger charge is 2.27. The fourth-order valence-electron chi connectivity index (χ4n) is 4.59. The average molecular weight is 509 g/mol. The number of fused-ring (bicyclic) bond motifs is 1. The summed E-state index contributed by atoms with van der Waals surface area (Å²) in [6.45, 7) is 4.05. The van der Waals surface area contributed by atoms with Crippen molar-refractivity contribution in [2.45, 2.75) is 0 Å². The molecule has 38 heavy (non-hydrogen) atoms. The van der Waals surface area contributed by atoms with Crippen molar-refractivity contribution in [3.8, 4) is 11.1 Å². The molecule has 3 aromatic carbocycles. The van der Waals surface area contributed by atoms with Crippen LogP contribution in [0.5, 0.6) is 0 Å². The lowest BCUT2D eigenvalue weighted by Crippen LogP contribution is -2.44. The number of amides is 2. The molecule has 2 aliphatic rings. The van der Waals surface area contributed by atoms with Gasteiger partial charge in [0.25, 0.3) is 11.8 Å². The van der Waals surface area contributed by atoms with Crippen LogP contribution in [0.15, 0.2) is 79.0 Å². The SMILES string of the molecule is CN1CCN(c2ccc(NC=C3C(=O)NC(=O)c4ccc(-c5ccc(C=CC(=O)O)cc5)cc43)cc2)CC1. The van der Waals surface area contributed by atoms with E-state index in [1.54, 1.807) is 12.3 Å². The number of imide groups is 1. The van der Waals surface area contributed by atoms with E-state index >= 15 is 0 Å². The largest absolute Gasteiger partial charge is 0.478 e. The topological polar surface area (TPSA) is 102 Å². The van der Waals surface area contributed by atoms with E-state index in [0.717, 1.165) is 60.3 Å². The summed E-state index contributed by atoms with van der Waals surface area (Å²) in [5.74, 6) is -1.90. The molecule has 8 heteroatoms. The molecule has 0 bridgehead atoms. The molecule has 2 amide bonds. The molecule has 0 atom stereocenters. The molecule has 1 fully saturated rings. The first-order valence-electron chi connectivity index (χ1n) is 12.4. The van der Waals surface area contributed by atoms with Crippen LogP contribution in [-0.2, 0) is 9.59 Å². The highest BCUT2D eigenvalue weighted by Crippen LogP contribution is 2.30. The summed E-state index contributed by atoms with van der Waals surface area (Å²) in [4.78, 5) is 40.7. The van der Waals surface area contributed by atoms with Gasteiger partial charge in [-0.2, -0.15) is 0 Å². The average Bonchev–Trinajstić information content (AvgIpc) is 2.92. The lowest BCUT2D eigenvalue weighted by atomic mass is 9.91. The molecule has 1 saturated heterocycles. The van der Waals surface area contributed by atoms with Crippen LogP contribution >= 0.6 is 0 Å². The number of carboxylic acids is 1. The van der Waals surface area contributed by atoms with Gasteiger partial charge in [-0.3, -0.25) is 14.9 Å². The Bertz CT molecular complexity index is 1430. The van der Waals surface area contributed by atoms with E-state index in [2.05, 4.69) is 39.6 Å². The lowest BCUT2D eigenvalue weighted by Gasteiger charge is -2.34. The number of carbonyl (C=O) groups is 3. The van der Waals surface area contributed by atoms with Gasteiger partial charge in [-0.05, 0) is 66.2 Å². The van der Waals surface area contributed by atoms with Crippen LogP contribution in [0.2, 0.25) is 0 Å². The summed E-state index contributed by atoms with van der Waals surface area (Å²) in [7, 11) is 2.13. The van der Waals surface area contributed by atoms with Gasteiger partial charge in [0.15, 0.2) is 0 Å². The van der Waals surface area contributed by atoms with E-state index < -0.39 is 17.8 Å². The molecule has 0 spiro atoms. The van der Waals surface area contributed by atoms with Crippen molar-refractivity contribution in [2.75, 3.05) is 43.4 Å². The van der Waals surface area contributed by atoms with E-state index in [1.165, 1.54) is 6.08 Å². The van der Waals surface area contributed by atoms with Gasteiger partial charge in [-0.25, -0.2) is 4.79 Å². The first-order valence-corrected chi connectivity index (χ1v) is 12.4. The zero-order valence-electron chi connectivity index (χ0n) is 21.0. The van der Waals surface area contributed by atoms with Gasteiger partial charge in [0, 0.05) is 61.0 Å². The quantitative estimate of drug-likeness (QED) is 0.343. The Morgan fingerprint density at radius 2 is 1.55 bits per heavy atom. The van der Waals surface area contributed by atoms with Crippen LogP contribution in [0.25, 0.3) is 22.8 Å². The Balaban J connectivity index is 1.38. The van der Waals surface area contributed by atoms with Crippen LogP contribution in [0, 0.1) is 0 Å². The Morgan fingerprint density at radius 1 is 0.868 bits per heavy atom. The minimum Gasteiger partial charge on any atom is -0.478 e. The summed E-state index contributed by atoms with van der Waals surface area (Å²) in [6.07, 6.45) is 4.24. The summed E-state index contributed by atoms with van der Waals surface area (Å²) >= 11 is 0. The van der Waals surface area contributed by atoms with Gasteiger partial charge < -0.3 is 20.2 Å². The molecule has 192 valence electrons. The fourth-order valence-corrected chi connectivity index (χ4v) is 4.59. The molecule has 2 heterocycles. The molecule has 3 N–H and O–H groups in total. The smallest absolute Gasteiger partial charge is 0.328 e. The van der Waals surface area contributed by atoms with Gasteiger partial charge in [0.2, 0.25) is 0 Å². The molecule has 3 aromatic rings. The third-order valence-corrected chi connectivity index (χ3v) is 6.81. The fraction of sp³-hybridized carbons (Fsp3) is 0.167. The zero-order chi connectivity index (χ0) is 26.6. The third kappa shape index (κ3) is 5.50. The molecule has 0 saturated carbocycles. The molecule has 0 radical (unpaired) electrons. The van der Waals surface area contributed by atoms with Crippen molar-refractivity contribution >= 4 is 40.8 Å². The standard InChI is InChI=1S/C30H28N4O4/c1-33-14-16-34(17-15-33)24-10-8-23(9-11-24)31-19-27-26-18-22(7-12-25(26)29(37)32-30(27)38)21-5-2-20(3-6-21)4-13-28(35)36/h2-13,18-19,31H,14-17H2,1H3,(H,35,36)(H,32,37,38). The number of hydrogen-bond acceptors (Lipinski definition) is 6. The molecule has 8 nitrogen and oxygen atoms in total. The maximum atomic E-state index is 12.8. The van der Waals surface area contributed by atoms with Crippen molar-refractivity contribution in [1.82, 2.24) is 10.2 Å². The summed E-state index contributed by atoms with van der Waals surface area (Å²) in [6, 6.07) is 20.8. The van der Waals surface area contributed by atoms with Gasteiger partial charge in [0.05, 0.1) is 5.57 Å². The zero-order valence-corrected chi connectivity index (χ0v) is 21.0. The predicted molar refractivity (Wildman–Crippen MR) is 149 cm³/mol. The second kappa shape index (κ2) is 10.7. The Hall–Kier alpha value is -4.69. The molecule has 2 aliphatic heterocycles. The van der Waals surface area contributed by atoms with Crippen LogP contribution in [0.4, 0.5) is 11.4 Å². The minimum absolute atomic E-state index is 0.366. The number of likely N-dealkylation sites (N-methyl/N-ethyl adjacent to an activating group) is 1. The first kappa shape index (κ1) is 25.0. The van der Waals surface area contributed by atoms with Gasteiger partial charge in [0.1, 0.15) is 0 Å². The first-order chi connectivity index (χ1) is 18.4. The van der Waals surface area contributed by atoms with E-state index in [1.807, 2.05) is 48.5 Å². The highest BCUT2D eigenvalue weighted by atomic mass is 16.4. The van der Waals surface area contributed by atoms with Crippen molar-refractivity contribution in [1.29, 1.82) is 0 Å². The van der Waals surface area contributed by atoms with Gasteiger partial charge in [-0.1, -0.05) is 30.3 Å². The molecular formula is C30H28N4O4. The maximum absolute atomic E-state index is 12.8. The molecular weight excluding hydrogens is 480 g/mol. The second-order valence-corrected chi connectivity index (χ2v) is 9.38. The van der Waals surface area contributed by atoms with Crippen molar-refractivity contribution < 1.29 is 19.5 Å². The maximum Gasteiger partial charge on any atom is 0.328 e. The number of hydrogen-bond donors (Lipinski definition) is 3. The number of benzene rings is 3. The predicted octanol–water partition coefficient (Wildman–Crippen LogP) is 3.93. The van der Waals surface area contributed by atoms with E-state index in [0.29, 0.717) is 16.7 Å². The third-order valence-electron chi connectivity index (χ3n) is 6.81. The number of rotatable bonds is 6. The number of carbonyl (C=O) groups excluding carboxylic acids is 2. The number of carboxylic acid groups (broad SMARTS) is 1. The minimum atomic E-state index is -1.01. The summed E-state index contributed by atoms with van der Waals surface area (Å²) in [5, 5.41) is 14.4. The van der Waals surface area contributed by atoms with Crippen LogP contribution < -0.4 is 15.5 Å². The lowest BCUT2D eigenvalue weighted by molar-refractivity contribution is -0.131. The normalized spacial score (nSPS) is 17.0. The van der Waals surface area contributed by atoms with Gasteiger partial charge in [-0.15, -0.1) is 0 Å². The molecule has 0 aromatic heterocycles.